The van der Waals surface area contributed by atoms with Crippen molar-refractivity contribution in [2.24, 2.45) is 0 Å². The minimum absolute atomic E-state index is 0.0525. The summed E-state index contributed by atoms with van der Waals surface area (Å²) in [6.45, 7) is 4.49. The first-order valence-electron chi connectivity index (χ1n) is 14.1. The molecule has 0 unspecified atom stereocenters. The van der Waals surface area contributed by atoms with Crippen molar-refractivity contribution < 1.29 is 4.79 Å². The fraction of sp³-hybridized carbons (Fsp3) is 0.212. The van der Waals surface area contributed by atoms with Gasteiger partial charge >= 0.3 is 0 Å². The molecule has 212 valence electrons. The van der Waals surface area contributed by atoms with E-state index in [1.165, 1.54) is 18.9 Å². The van der Waals surface area contributed by atoms with Gasteiger partial charge in [0.2, 0.25) is 11.4 Å². The van der Waals surface area contributed by atoms with E-state index in [1.54, 1.807) is 6.20 Å². The number of para-hydroxylation sites is 1. The molecule has 1 saturated heterocycles. The molecule has 0 saturated carbocycles. The second-order valence-corrected chi connectivity index (χ2v) is 10.4. The summed E-state index contributed by atoms with van der Waals surface area (Å²) in [5.41, 5.74) is 4.10. The molecular formula is C33H33N7O2. The lowest BCUT2D eigenvalue weighted by atomic mass is 10.1. The van der Waals surface area contributed by atoms with Crippen LogP contribution < -0.4 is 20.5 Å². The number of nitrogens with one attached hydrogen (secondary N) is 1. The quantitative estimate of drug-likeness (QED) is 0.316. The SMILES string of the molecule is CNC(=O)c1cn(Cc2ccccc2)c2nc(N(c3ccccc3)c3ccc(N4CCN(C)CC4)cc3)ncc2c1=O. The summed E-state index contributed by atoms with van der Waals surface area (Å²) < 4.78 is 1.85. The normalized spacial score (nSPS) is 13.7. The van der Waals surface area contributed by atoms with Crippen LogP contribution in [0.5, 0.6) is 0 Å². The summed E-state index contributed by atoms with van der Waals surface area (Å²) in [4.78, 5) is 42.3. The molecule has 42 heavy (non-hydrogen) atoms. The maximum Gasteiger partial charge on any atom is 0.256 e. The highest BCUT2D eigenvalue weighted by Crippen LogP contribution is 2.34. The standard InChI is InChI=1S/C33H33N7O2/c1-34-32(42)29-23-39(22-24-9-5-3-6-10-24)31-28(30(29)41)21-35-33(36-31)40(26-11-7-4-8-12-26)27-15-13-25(14-16-27)38-19-17-37(2)18-20-38/h3-16,21,23H,17-20,22H2,1-2H3,(H,34,42). The zero-order valence-electron chi connectivity index (χ0n) is 23.8. The van der Waals surface area contributed by atoms with Gasteiger partial charge < -0.3 is 19.7 Å². The second-order valence-electron chi connectivity index (χ2n) is 10.4. The molecule has 1 fully saturated rings. The van der Waals surface area contributed by atoms with Crippen molar-refractivity contribution in [2.75, 3.05) is 50.1 Å². The van der Waals surface area contributed by atoms with Crippen LogP contribution in [0, 0.1) is 0 Å². The van der Waals surface area contributed by atoms with Gasteiger partial charge in [0.1, 0.15) is 11.2 Å². The molecule has 9 nitrogen and oxygen atoms in total. The first-order valence-corrected chi connectivity index (χ1v) is 14.1. The number of aromatic nitrogens is 3. The van der Waals surface area contributed by atoms with Gasteiger partial charge in [-0.25, -0.2) is 4.98 Å². The summed E-state index contributed by atoms with van der Waals surface area (Å²) in [6.07, 6.45) is 3.12. The number of nitrogens with zero attached hydrogens (tertiary/aromatic N) is 6. The molecule has 2 aromatic heterocycles. The number of piperazine rings is 1. The lowest BCUT2D eigenvalue weighted by molar-refractivity contribution is 0.0961. The Hall–Kier alpha value is -5.02. The van der Waals surface area contributed by atoms with Gasteiger partial charge in [-0.2, -0.15) is 4.98 Å². The number of hydrogen-bond acceptors (Lipinski definition) is 7. The minimum Gasteiger partial charge on any atom is -0.369 e. The Kier molecular flexibility index (Phi) is 7.66. The van der Waals surface area contributed by atoms with E-state index in [4.69, 9.17) is 4.98 Å². The van der Waals surface area contributed by atoms with Gasteiger partial charge in [0.05, 0.1) is 5.39 Å². The third-order valence-corrected chi connectivity index (χ3v) is 7.66. The number of amides is 1. The number of carbonyl (C=O) groups is 1. The van der Waals surface area contributed by atoms with Crippen LogP contribution in [0.3, 0.4) is 0 Å². The average molecular weight is 560 g/mol. The van der Waals surface area contributed by atoms with Crippen molar-refractivity contribution in [3.63, 3.8) is 0 Å². The molecule has 0 aliphatic carbocycles. The van der Waals surface area contributed by atoms with Crippen LogP contribution in [-0.4, -0.2) is 65.6 Å². The molecule has 1 aliphatic rings. The van der Waals surface area contributed by atoms with E-state index in [0.717, 1.165) is 43.1 Å². The highest BCUT2D eigenvalue weighted by Gasteiger charge is 2.21. The monoisotopic (exact) mass is 559 g/mol. The highest BCUT2D eigenvalue weighted by molar-refractivity contribution is 5.96. The van der Waals surface area contributed by atoms with Crippen LogP contribution in [0.15, 0.2) is 102 Å². The van der Waals surface area contributed by atoms with Gasteiger partial charge in [-0.05, 0) is 49.0 Å². The topological polar surface area (TPSA) is 86.6 Å². The molecule has 1 amide bonds. The first-order chi connectivity index (χ1) is 20.5. The molecule has 9 heteroatoms. The predicted molar refractivity (Wildman–Crippen MR) is 167 cm³/mol. The number of likely N-dealkylation sites (N-methyl/N-ethyl adjacent to an activating group) is 1. The first kappa shape index (κ1) is 27.2. The third-order valence-electron chi connectivity index (χ3n) is 7.66. The summed E-state index contributed by atoms with van der Waals surface area (Å²) in [5.74, 6) is -0.0194. The molecule has 6 rings (SSSR count). The highest BCUT2D eigenvalue weighted by atomic mass is 16.2. The number of anilines is 4. The Balaban J connectivity index is 1.46. The number of pyridine rings is 1. The minimum atomic E-state index is -0.445. The zero-order chi connectivity index (χ0) is 29.1. The summed E-state index contributed by atoms with van der Waals surface area (Å²) >= 11 is 0. The van der Waals surface area contributed by atoms with Crippen LogP contribution in [0.25, 0.3) is 11.0 Å². The molecule has 0 atom stereocenters. The van der Waals surface area contributed by atoms with E-state index in [-0.39, 0.29) is 10.9 Å². The molecule has 0 bridgehead atoms. The average Bonchev–Trinajstić information content (AvgIpc) is 3.04. The van der Waals surface area contributed by atoms with Crippen molar-refractivity contribution in [1.82, 2.24) is 24.8 Å². The zero-order valence-corrected chi connectivity index (χ0v) is 23.8. The Morgan fingerprint density at radius 1 is 0.881 bits per heavy atom. The number of benzene rings is 3. The summed E-state index contributed by atoms with van der Waals surface area (Å²) in [6, 6.07) is 28.3. The Morgan fingerprint density at radius 2 is 1.52 bits per heavy atom. The molecule has 3 aromatic carbocycles. The second kappa shape index (κ2) is 11.8. The van der Waals surface area contributed by atoms with Gasteiger partial charge in [0.25, 0.3) is 5.91 Å². The van der Waals surface area contributed by atoms with Crippen LogP contribution >= 0.6 is 0 Å². The molecule has 3 heterocycles. The van der Waals surface area contributed by atoms with E-state index < -0.39 is 11.3 Å². The number of rotatable bonds is 7. The van der Waals surface area contributed by atoms with Crippen molar-refractivity contribution >= 4 is 40.0 Å². The van der Waals surface area contributed by atoms with Crippen molar-refractivity contribution in [1.29, 1.82) is 0 Å². The molecule has 0 spiro atoms. The van der Waals surface area contributed by atoms with Gasteiger partial charge in [-0.3, -0.25) is 14.5 Å². The fourth-order valence-electron chi connectivity index (χ4n) is 5.30. The molecular weight excluding hydrogens is 526 g/mol. The van der Waals surface area contributed by atoms with E-state index in [0.29, 0.717) is 18.1 Å². The van der Waals surface area contributed by atoms with Crippen molar-refractivity contribution in [3.05, 3.63) is 119 Å². The fourth-order valence-corrected chi connectivity index (χ4v) is 5.30. The smallest absolute Gasteiger partial charge is 0.256 e. The Bertz CT molecular complexity index is 1750. The van der Waals surface area contributed by atoms with Crippen LogP contribution in [0.1, 0.15) is 15.9 Å². The summed E-state index contributed by atoms with van der Waals surface area (Å²) in [5, 5.41) is 2.86. The van der Waals surface area contributed by atoms with Crippen LogP contribution in [0.4, 0.5) is 23.0 Å². The maximum absolute atomic E-state index is 13.4. The van der Waals surface area contributed by atoms with Gasteiger partial charge in [0.15, 0.2) is 0 Å². The Labute approximate surface area is 244 Å². The Morgan fingerprint density at radius 3 is 2.19 bits per heavy atom. The van der Waals surface area contributed by atoms with Crippen LogP contribution in [-0.2, 0) is 6.54 Å². The third kappa shape index (κ3) is 5.46. The van der Waals surface area contributed by atoms with Crippen molar-refractivity contribution in [3.8, 4) is 0 Å². The molecule has 1 N–H and O–H groups in total. The summed E-state index contributed by atoms with van der Waals surface area (Å²) in [7, 11) is 3.67. The molecule has 5 aromatic rings. The number of carbonyl (C=O) groups excluding carboxylic acids is 1. The number of fused-ring (bicyclic) bond motifs is 1. The maximum atomic E-state index is 13.4. The van der Waals surface area contributed by atoms with Gasteiger partial charge in [0, 0.05) is 69.2 Å². The van der Waals surface area contributed by atoms with Crippen molar-refractivity contribution in [2.45, 2.75) is 6.54 Å². The van der Waals surface area contributed by atoms with E-state index in [1.807, 2.05) is 70.1 Å². The van der Waals surface area contributed by atoms with E-state index in [9.17, 15) is 9.59 Å². The molecule has 0 radical (unpaired) electrons. The van der Waals surface area contributed by atoms with Crippen LogP contribution in [0.2, 0.25) is 0 Å². The lowest BCUT2D eigenvalue weighted by Gasteiger charge is -2.34. The number of hydrogen-bond donors (Lipinski definition) is 1. The lowest BCUT2D eigenvalue weighted by Crippen LogP contribution is -2.44. The molecule has 1 aliphatic heterocycles. The largest absolute Gasteiger partial charge is 0.369 e. The van der Waals surface area contributed by atoms with Gasteiger partial charge in [-0.1, -0.05) is 48.5 Å². The van der Waals surface area contributed by atoms with Gasteiger partial charge in [-0.15, -0.1) is 0 Å². The van der Waals surface area contributed by atoms with E-state index in [2.05, 4.69) is 51.4 Å². The van der Waals surface area contributed by atoms with E-state index >= 15 is 0 Å². The predicted octanol–water partition coefficient (Wildman–Crippen LogP) is 4.42.